The molecule has 0 radical (unpaired) electrons. The molecule has 0 saturated carbocycles. The Labute approximate surface area is 130 Å². The normalized spacial score (nSPS) is 18.5. The van der Waals surface area contributed by atoms with Crippen molar-refractivity contribution in [3.8, 4) is 5.75 Å². The van der Waals surface area contributed by atoms with Gasteiger partial charge in [-0.2, -0.15) is 0 Å². The summed E-state index contributed by atoms with van der Waals surface area (Å²) in [5, 5.41) is 2.94. The van der Waals surface area contributed by atoms with Gasteiger partial charge in [-0.15, -0.1) is 0 Å². The minimum absolute atomic E-state index is 0.0650. The zero-order chi connectivity index (χ0) is 16.3. The van der Waals surface area contributed by atoms with Crippen molar-refractivity contribution in [3.05, 3.63) is 29.1 Å². The van der Waals surface area contributed by atoms with Crippen LogP contribution < -0.4 is 15.8 Å². The predicted molar refractivity (Wildman–Crippen MR) is 81.0 cm³/mol. The zero-order valence-corrected chi connectivity index (χ0v) is 13.2. The number of hydrogen-bond donors (Lipinski definition) is 2. The summed E-state index contributed by atoms with van der Waals surface area (Å²) < 4.78 is 24.7. The molecule has 1 aliphatic heterocycles. The number of nitrogens with one attached hydrogen (secondary N) is 1. The maximum absolute atomic E-state index is 14.3. The number of benzene rings is 1. The second-order valence-corrected chi connectivity index (χ2v) is 5.84. The molecule has 2 atom stereocenters. The first-order chi connectivity index (χ1) is 10.4. The SMILES string of the molecule is COCC(N)c1cc(F)c2c(c1)C(NC(=O)C(C)C)CCO2. The third-order valence-corrected chi connectivity index (χ3v) is 3.74. The predicted octanol–water partition coefficient (Wildman–Crippen LogP) is 2.07. The molecule has 0 aliphatic carbocycles. The van der Waals surface area contributed by atoms with E-state index in [1.165, 1.54) is 6.07 Å². The standard InChI is InChI=1S/C16H23FN2O3/c1-9(2)16(20)19-14-4-5-22-15-11(14)6-10(7-12(15)17)13(18)8-21-3/h6-7,9,13-14H,4-5,8,18H2,1-3H3,(H,19,20). The van der Waals surface area contributed by atoms with E-state index in [2.05, 4.69) is 5.32 Å². The topological polar surface area (TPSA) is 73.6 Å². The number of nitrogens with two attached hydrogens (primary N) is 1. The summed E-state index contributed by atoms with van der Waals surface area (Å²) in [5.74, 6) is -0.448. The molecule has 1 heterocycles. The highest BCUT2D eigenvalue weighted by atomic mass is 19.1. The first-order valence-corrected chi connectivity index (χ1v) is 7.45. The number of amides is 1. The van der Waals surface area contributed by atoms with Gasteiger partial charge in [-0.05, 0) is 17.7 Å². The quantitative estimate of drug-likeness (QED) is 0.873. The van der Waals surface area contributed by atoms with Gasteiger partial charge in [-0.1, -0.05) is 13.8 Å². The lowest BCUT2D eigenvalue weighted by Crippen LogP contribution is -2.35. The van der Waals surface area contributed by atoms with Gasteiger partial charge in [0.2, 0.25) is 5.91 Å². The van der Waals surface area contributed by atoms with Crippen LogP contribution in [0.1, 0.15) is 43.5 Å². The molecular formula is C16H23FN2O3. The van der Waals surface area contributed by atoms with E-state index in [-0.39, 0.29) is 23.6 Å². The summed E-state index contributed by atoms with van der Waals surface area (Å²) in [6.45, 7) is 4.31. The Kier molecular flexibility index (Phi) is 5.37. The molecule has 2 unspecified atom stereocenters. The second-order valence-electron chi connectivity index (χ2n) is 5.84. The van der Waals surface area contributed by atoms with Crippen LogP contribution in [0, 0.1) is 11.7 Å². The Morgan fingerprint density at radius 2 is 2.27 bits per heavy atom. The van der Waals surface area contributed by atoms with Crippen molar-refractivity contribution in [1.29, 1.82) is 0 Å². The van der Waals surface area contributed by atoms with Crippen molar-refractivity contribution in [2.45, 2.75) is 32.4 Å². The first-order valence-electron chi connectivity index (χ1n) is 7.45. The van der Waals surface area contributed by atoms with Gasteiger partial charge < -0.3 is 20.5 Å². The van der Waals surface area contributed by atoms with Gasteiger partial charge in [0, 0.05) is 25.0 Å². The minimum Gasteiger partial charge on any atom is -0.490 e. The van der Waals surface area contributed by atoms with Crippen LogP contribution in [0.25, 0.3) is 0 Å². The fraction of sp³-hybridized carbons (Fsp3) is 0.562. The molecular weight excluding hydrogens is 287 g/mol. The van der Waals surface area contributed by atoms with Crippen molar-refractivity contribution in [1.82, 2.24) is 5.32 Å². The van der Waals surface area contributed by atoms with Crippen LogP contribution in [0.15, 0.2) is 12.1 Å². The molecule has 0 bridgehead atoms. The van der Waals surface area contributed by atoms with Crippen molar-refractivity contribution >= 4 is 5.91 Å². The van der Waals surface area contributed by atoms with Crippen LogP contribution in [0.3, 0.4) is 0 Å². The number of hydrogen-bond acceptors (Lipinski definition) is 4. The first kappa shape index (κ1) is 16.7. The number of methoxy groups -OCH3 is 1. The van der Waals surface area contributed by atoms with E-state index >= 15 is 0 Å². The lowest BCUT2D eigenvalue weighted by molar-refractivity contribution is -0.124. The van der Waals surface area contributed by atoms with E-state index in [0.717, 1.165) is 0 Å². The van der Waals surface area contributed by atoms with Crippen LogP contribution in [0.2, 0.25) is 0 Å². The highest BCUT2D eigenvalue weighted by Gasteiger charge is 2.27. The lowest BCUT2D eigenvalue weighted by atomic mass is 9.95. The maximum atomic E-state index is 14.3. The van der Waals surface area contributed by atoms with Gasteiger partial charge in [-0.3, -0.25) is 4.79 Å². The van der Waals surface area contributed by atoms with Gasteiger partial charge in [-0.25, -0.2) is 4.39 Å². The highest BCUT2D eigenvalue weighted by molar-refractivity contribution is 5.78. The van der Waals surface area contributed by atoms with E-state index in [1.807, 2.05) is 13.8 Å². The number of rotatable bonds is 5. The van der Waals surface area contributed by atoms with Crippen molar-refractivity contribution in [2.75, 3.05) is 20.3 Å². The molecule has 1 aromatic rings. The molecule has 0 spiro atoms. The molecule has 3 N–H and O–H groups in total. The van der Waals surface area contributed by atoms with E-state index in [9.17, 15) is 9.18 Å². The third kappa shape index (κ3) is 3.56. The molecule has 2 rings (SSSR count). The Bertz CT molecular complexity index is 548. The summed E-state index contributed by atoms with van der Waals surface area (Å²) in [7, 11) is 1.55. The van der Waals surface area contributed by atoms with Gasteiger partial charge in [0.05, 0.1) is 25.3 Å². The number of ether oxygens (including phenoxy) is 2. The van der Waals surface area contributed by atoms with E-state index in [4.69, 9.17) is 15.2 Å². The van der Waals surface area contributed by atoms with Crippen LogP contribution in [0.5, 0.6) is 5.75 Å². The van der Waals surface area contributed by atoms with Crippen molar-refractivity contribution in [3.63, 3.8) is 0 Å². The third-order valence-electron chi connectivity index (χ3n) is 3.74. The summed E-state index contributed by atoms with van der Waals surface area (Å²) >= 11 is 0. The summed E-state index contributed by atoms with van der Waals surface area (Å²) in [4.78, 5) is 11.9. The fourth-order valence-electron chi connectivity index (χ4n) is 2.46. The Hall–Kier alpha value is -1.66. The van der Waals surface area contributed by atoms with E-state index < -0.39 is 11.9 Å². The molecule has 1 aliphatic rings. The monoisotopic (exact) mass is 310 g/mol. The Morgan fingerprint density at radius 1 is 1.55 bits per heavy atom. The lowest BCUT2D eigenvalue weighted by Gasteiger charge is -2.28. The Morgan fingerprint density at radius 3 is 2.91 bits per heavy atom. The molecule has 0 aromatic heterocycles. The average Bonchev–Trinajstić information content (AvgIpc) is 2.48. The Balaban J connectivity index is 2.33. The van der Waals surface area contributed by atoms with Crippen LogP contribution in [-0.2, 0) is 9.53 Å². The smallest absolute Gasteiger partial charge is 0.223 e. The summed E-state index contributed by atoms with van der Waals surface area (Å²) in [6, 6.07) is 2.48. The summed E-state index contributed by atoms with van der Waals surface area (Å²) in [6.07, 6.45) is 0.605. The molecule has 0 saturated heterocycles. The molecule has 122 valence electrons. The van der Waals surface area contributed by atoms with E-state index in [1.54, 1.807) is 13.2 Å². The van der Waals surface area contributed by atoms with Crippen LogP contribution in [0.4, 0.5) is 4.39 Å². The minimum atomic E-state index is -0.456. The summed E-state index contributed by atoms with van der Waals surface area (Å²) in [5.41, 5.74) is 7.26. The number of carbonyl (C=O) groups is 1. The fourth-order valence-corrected chi connectivity index (χ4v) is 2.46. The number of halogens is 1. The van der Waals surface area contributed by atoms with Crippen LogP contribution >= 0.6 is 0 Å². The van der Waals surface area contributed by atoms with E-state index in [0.29, 0.717) is 30.8 Å². The van der Waals surface area contributed by atoms with Gasteiger partial charge >= 0.3 is 0 Å². The average molecular weight is 310 g/mol. The molecule has 1 amide bonds. The molecule has 6 heteroatoms. The van der Waals surface area contributed by atoms with Crippen molar-refractivity contribution < 1.29 is 18.7 Å². The zero-order valence-electron chi connectivity index (χ0n) is 13.2. The van der Waals surface area contributed by atoms with Crippen LogP contribution in [-0.4, -0.2) is 26.2 Å². The largest absolute Gasteiger partial charge is 0.490 e. The number of carbonyl (C=O) groups excluding carboxylic acids is 1. The second kappa shape index (κ2) is 7.07. The molecule has 0 fully saturated rings. The maximum Gasteiger partial charge on any atom is 0.223 e. The van der Waals surface area contributed by atoms with Gasteiger partial charge in [0.1, 0.15) is 0 Å². The van der Waals surface area contributed by atoms with Crippen molar-refractivity contribution in [2.24, 2.45) is 11.7 Å². The van der Waals surface area contributed by atoms with Gasteiger partial charge in [0.25, 0.3) is 0 Å². The molecule has 1 aromatic carbocycles. The molecule has 22 heavy (non-hydrogen) atoms. The molecule has 5 nitrogen and oxygen atoms in total. The highest BCUT2D eigenvalue weighted by Crippen LogP contribution is 2.36. The van der Waals surface area contributed by atoms with Gasteiger partial charge in [0.15, 0.2) is 11.6 Å². The number of fused-ring (bicyclic) bond motifs is 1.